The van der Waals surface area contributed by atoms with Crippen molar-refractivity contribution in [2.24, 2.45) is 0 Å². The Labute approximate surface area is 174 Å². The lowest BCUT2D eigenvalue weighted by Gasteiger charge is -2.16. The highest BCUT2D eigenvalue weighted by Crippen LogP contribution is 2.30. The molecule has 0 saturated heterocycles. The van der Waals surface area contributed by atoms with Gasteiger partial charge in [-0.3, -0.25) is 0 Å². The Hall–Kier alpha value is -2.24. The maximum absolute atomic E-state index is 12.5. The highest BCUT2D eigenvalue weighted by Gasteiger charge is 2.25. The summed E-state index contributed by atoms with van der Waals surface area (Å²) in [5.41, 5.74) is 4.04. The molecule has 2 aromatic heterocycles. The number of rotatable bonds is 6. The predicted octanol–water partition coefficient (Wildman–Crippen LogP) is 5.58. The first-order valence-electron chi connectivity index (χ1n) is 9.34. The van der Waals surface area contributed by atoms with Gasteiger partial charge in [-0.2, -0.15) is 5.10 Å². The average molecular weight is 420 g/mol. The maximum Gasteiger partial charge on any atom is 0.359 e. The second-order valence-electron chi connectivity index (χ2n) is 6.39. The molecule has 0 bridgehead atoms. The van der Waals surface area contributed by atoms with Crippen molar-refractivity contribution < 1.29 is 9.53 Å². The first-order chi connectivity index (χ1) is 13.4. The Morgan fingerprint density at radius 1 is 1.04 bits per heavy atom. The van der Waals surface area contributed by atoms with Crippen molar-refractivity contribution in [1.82, 2.24) is 14.3 Å². The number of carbonyl (C=O) groups is 1. The van der Waals surface area contributed by atoms with Crippen LogP contribution in [0, 0.1) is 6.92 Å². The first kappa shape index (κ1) is 20.5. The third-order valence-corrected chi connectivity index (χ3v) is 5.43. The summed E-state index contributed by atoms with van der Waals surface area (Å²) in [6.07, 6.45) is 1.70. The topological polar surface area (TPSA) is 49.0 Å². The SMILES string of the molecule is CCOC(=O)c1nn(-c2ccc(Cl)c(Cl)c2)c(-n2c(CC)ccc2CC)c1C. The lowest BCUT2D eigenvalue weighted by molar-refractivity contribution is 0.0518. The molecule has 0 aliphatic rings. The number of aromatic nitrogens is 3. The fraction of sp³-hybridized carbons (Fsp3) is 0.333. The normalized spacial score (nSPS) is 11.1. The quantitative estimate of drug-likeness (QED) is 0.489. The minimum Gasteiger partial charge on any atom is -0.461 e. The van der Waals surface area contributed by atoms with E-state index in [0.717, 1.165) is 41.3 Å². The molecule has 5 nitrogen and oxygen atoms in total. The third-order valence-electron chi connectivity index (χ3n) is 4.69. The van der Waals surface area contributed by atoms with Crippen LogP contribution in [0.15, 0.2) is 30.3 Å². The zero-order chi connectivity index (χ0) is 20.4. The van der Waals surface area contributed by atoms with Crippen molar-refractivity contribution in [2.45, 2.75) is 40.5 Å². The van der Waals surface area contributed by atoms with Crippen LogP contribution in [0.2, 0.25) is 10.0 Å². The molecule has 0 aliphatic heterocycles. The third kappa shape index (κ3) is 3.56. The number of esters is 1. The van der Waals surface area contributed by atoms with Crippen LogP contribution < -0.4 is 0 Å². The van der Waals surface area contributed by atoms with Crippen LogP contribution in [-0.4, -0.2) is 26.9 Å². The van der Waals surface area contributed by atoms with Gasteiger partial charge in [-0.15, -0.1) is 0 Å². The molecule has 0 radical (unpaired) electrons. The van der Waals surface area contributed by atoms with Crippen LogP contribution in [0.4, 0.5) is 0 Å². The van der Waals surface area contributed by atoms with Gasteiger partial charge < -0.3 is 9.30 Å². The highest BCUT2D eigenvalue weighted by molar-refractivity contribution is 6.42. The van der Waals surface area contributed by atoms with E-state index in [9.17, 15) is 4.79 Å². The van der Waals surface area contributed by atoms with Crippen molar-refractivity contribution in [2.75, 3.05) is 6.61 Å². The molecule has 3 rings (SSSR count). The molecule has 0 atom stereocenters. The molecule has 0 spiro atoms. The van der Waals surface area contributed by atoms with Crippen LogP contribution in [0.3, 0.4) is 0 Å². The van der Waals surface area contributed by atoms with E-state index in [2.05, 4.69) is 35.6 Å². The highest BCUT2D eigenvalue weighted by atomic mass is 35.5. The van der Waals surface area contributed by atoms with E-state index in [1.807, 2.05) is 13.0 Å². The summed E-state index contributed by atoms with van der Waals surface area (Å²) in [4.78, 5) is 12.5. The van der Waals surface area contributed by atoms with E-state index < -0.39 is 5.97 Å². The summed E-state index contributed by atoms with van der Waals surface area (Å²) in [6.45, 7) is 8.17. The van der Waals surface area contributed by atoms with Gasteiger partial charge in [0.1, 0.15) is 5.82 Å². The van der Waals surface area contributed by atoms with Crippen LogP contribution in [0.1, 0.15) is 48.2 Å². The van der Waals surface area contributed by atoms with Gasteiger partial charge in [0.05, 0.1) is 22.3 Å². The Balaban J connectivity index is 2.32. The Morgan fingerprint density at radius 2 is 1.68 bits per heavy atom. The molecule has 148 valence electrons. The Kier molecular flexibility index (Phi) is 6.16. The molecule has 3 aromatic rings. The molecule has 0 fully saturated rings. The van der Waals surface area contributed by atoms with Crippen molar-refractivity contribution in [3.05, 3.63) is 63.0 Å². The summed E-state index contributed by atoms with van der Waals surface area (Å²) in [7, 11) is 0. The molecule has 28 heavy (non-hydrogen) atoms. The number of hydrogen-bond acceptors (Lipinski definition) is 3. The van der Waals surface area contributed by atoms with E-state index in [1.54, 1.807) is 23.7 Å². The number of aryl methyl sites for hydroxylation is 2. The second kappa shape index (κ2) is 8.41. The van der Waals surface area contributed by atoms with E-state index in [0.29, 0.717) is 15.7 Å². The summed E-state index contributed by atoms with van der Waals surface area (Å²) >= 11 is 12.3. The summed E-state index contributed by atoms with van der Waals surface area (Å²) in [5, 5.41) is 5.49. The smallest absolute Gasteiger partial charge is 0.359 e. The summed E-state index contributed by atoms with van der Waals surface area (Å²) in [5.74, 6) is 0.364. The number of halogens is 2. The van der Waals surface area contributed by atoms with Gasteiger partial charge in [0.15, 0.2) is 5.69 Å². The van der Waals surface area contributed by atoms with Crippen LogP contribution in [-0.2, 0) is 17.6 Å². The standard InChI is InChI=1S/C21H23Cl2N3O2/c1-5-14-8-9-15(6-2)25(14)20-13(4)19(21(27)28-7-3)24-26(20)16-10-11-17(22)18(23)12-16/h8-12H,5-7H2,1-4H3. The summed E-state index contributed by atoms with van der Waals surface area (Å²) < 4.78 is 9.11. The van der Waals surface area contributed by atoms with Gasteiger partial charge in [-0.1, -0.05) is 37.0 Å². The molecule has 7 heteroatoms. The molecule has 0 N–H and O–H groups in total. The van der Waals surface area contributed by atoms with Gasteiger partial charge in [0.2, 0.25) is 0 Å². The molecule has 0 saturated carbocycles. The van der Waals surface area contributed by atoms with Gasteiger partial charge in [-0.25, -0.2) is 9.48 Å². The minimum atomic E-state index is -0.441. The first-order valence-corrected chi connectivity index (χ1v) is 10.1. The average Bonchev–Trinajstić information content (AvgIpc) is 3.24. The molecule has 0 aliphatic carbocycles. The fourth-order valence-corrected chi connectivity index (χ4v) is 3.58. The van der Waals surface area contributed by atoms with Gasteiger partial charge in [0.25, 0.3) is 0 Å². The Bertz CT molecular complexity index is 1000. The maximum atomic E-state index is 12.5. The van der Waals surface area contributed by atoms with Crippen molar-refractivity contribution in [3.8, 4) is 11.5 Å². The number of ether oxygens (including phenoxy) is 1. The van der Waals surface area contributed by atoms with Crippen molar-refractivity contribution in [3.63, 3.8) is 0 Å². The zero-order valence-corrected chi connectivity index (χ0v) is 17.9. The second-order valence-corrected chi connectivity index (χ2v) is 7.20. The van der Waals surface area contributed by atoms with Crippen LogP contribution >= 0.6 is 23.2 Å². The van der Waals surface area contributed by atoms with E-state index in [4.69, 9.17) is 27.9 Å². The molecular weight excluding hydrogens is 397 g/mol. The monoisotopic (exact) mass is 419 g/mol. The van der Waals surface area contributed by atoms with Crippen molar-refractivity contribution in [1.29, 1.82) is 0 Å². The largest absolute Gasteiger partial charge is 0.461 e. The number of benzene rings is 1. The summed E-state index contributed by atoms with van der Waals surface area (Å²) in [6, 6.07) is 9.51. The number of hydrogen-bond donors (Lipinski definition) is 0. The van der Waals surface area contributed by atoms with Crippen LogP contribution in [0.25, 0.3) is 11.5 Å². The number of nitrogens with zero attached hydrogens (tertiary/aromatic N) is 3. The molecule has 1 aromatic carbocycles. The van der Waals surface area contributed by atoms with Gasteiger partial charge in [-0.05, 0) is 57.0 Å². The Morgan fingerprint density at radius 3 is 2.21 bits per heavy atom. The molecule has 0 unspecified atom stereocenters. The molecule has 0 amide bonds. The zero-order valence-electron chi connectivity index (χ0n) is 16.4. The van der Waals surface area contributed by atoms with Crippen LogP contribution in [0.5, 0.6) is 0 Å². The van der Waals surface area contributed by atoms with Gasteiger partial charge >= 0.3 is 5.97 Å². The van der Waals surface area contributed by atoms with E-state index in [1.165, 1.54) is 0 Å². The minimum absolute atomic E-state index is 0.289. The lowest BCUT2D eigenvalue weighted by Crippen LogP contribution is -2.11. The predicted molar refractivity (Wildman–Crippen MR) is 112 cm³/mol. The van der Waals surface area contributed by atoms with Crippen molar-refractivity contribution >= 4 is 29.2 Å². The lowest BCUT2D eigenvalue weighted by atomic mass is 10.2. The fourth-order valence-electron chi connectivity index (χ4n) is 3.29. The van der Waals surface area contributed by atoms with Gasteiger partial charge in [0, 0.05) is 17.0 Å². The number of carbonyl (C=O) groups excluding carboxylic acids is 1. The molecular formula is C21H23Cl2N3O2. The molecule has 2 heterocycles. The van der Waals surface area contributed by atoms with E-state index in [-0.39, 0.29) is 6.61 Å². The van der Waals surface area contributed by atoms with E-state index >= 15 is 0 Å².